The molecular formula is C28H31ClN2O5S. The zero-order chi connectivity index (χ0) is 27.6. The van der Waals surface area contributed by atoms with E-state index in [2.05, 4.69) is 10.0 Å². The maximum Gasteiger partial charge on any atom is 0.262 e. The Morgan fingerprint density at radius 3 is 2.03 bits per heavy atom. The van der Waals surface area contributed by atoms with Gasteiger partial charge in [-0.2, -0.15) is 0 Å². The van der Waals surface area contributed by atoms with Crippen molar-refractivity contribution in [2.75, 3.05) is 4.72 Å². The molecule has 1 amide bonds. The fourth-order valence-electron chi connectivity index (χ4n) is 4.57. The van der Waals surface area contributed by atoms with Gasteiger partial charge in [0.25, 0.3) is 15.9 Å². The molecule has 0 fully saturated rings. The monoisotopic (exact) mass is 542 g/mol. The van der Waals surface area contributed by atoms with E-state index in [1.54, 1.807) is 36.4 Å². The van der Waals surface area contributed by atoms with E-state index in [0.717, 1.165) is 0 Å². The molecule has 3 aromatic rings. The predicted molar refractivity (Wildman–Crippen MR) is 145 cm³/mol. The molecule has 1 aliphatic heterocycles. The molecule has 0 spiro atoms. The summed E-state index contributed by atoms with van der Waals surface area (Å²) in [5.74, 6) is -0.404. The molecule has 196 valence electrons. The summed E-state index contributed by atoms with van der Waals surface area (Å²) in [4.78, 5) is 12.3. The summed E-state index contributed by atoms with van der Waals surface area (Å²) >= 11 is 6.20. The first-order valence-corrected chi connectivity index (χ1v) is 13.7. The number of anilines is 1. The number of sulfonamides is 1. The van der Waals surface area contributed by atoms with E-state index in [1.807, 2.05) is 41.5 Å². The molecule has 0 saturated heterocycles. The summed E-state index contributed by atoms with van der Waals surface area (Å²) in [6, 6.07) is 13.7. The first-order valence-electron chi connectivity index (χ1n) is 11.8. The highest BCUT2D eigenvalue weighted by molar-refractivity contribution is 7.92. The van der Waals surface area contributed by atoms with Gasteiger partial charge in [-0.1, -0.05) is 77.4 Å². The molecule has 0 radical (unpaired) electrons. The summed E-state index contributed by atoms with van der Waals surface area (Å²) in [7, 11) is -4.33. The van der Waals surface area contributed by atoms with Gasteiger partial charge < -0.3 is 15.5 Å². The van der Waals surface area contributed by atoms with Crippen LogP contribution in [0.15, 0.2) is 59.5 Å². The average molecular weight is 543 g/mol. The minimum Gasteiger partial charge on any atom is -0.507 e. The number of hydrogen-bond acceptors (Lipinski definition) is 5. The lowest BCUT2D eigenvalue weighted by atomic mass is 9.79. The van der Waals surface area contributed by atoms with Crippen LogP contribution in [0.5, 0.6) is 5.75 Å². The molecule has 0 saturated carbocycles. The Bertz CT molecular complexity index is 1490. The molecule has 0 aliphatic carbocycles. The van der Waals surface area contributed by atoms with E-state index >= 15 is 0 Å². The second-order valence-corrected chi connectivity index (χ2v) is 13.5. The van der Waals surface area contributed by atoms with E-state index in [0.29, 0.717) is 11.1 Å². The van der Waals surface area contributed by atoms with Gasteiger partial charge in [-0.25, -0.2) is 8.42 Å². The van der Waals surface area contributed by atoms with Crippen LogP contribution in [0, 0.1) is 0 Å². The van der Waals surface area contributed by atoms with Crippen LogP contribution < -0.4 is 10.0 Å². The van der Waals surface area contributed by atoms with Crippen molar-refractivity contribution in [3.05, 3.63) is 87.4 Å². The lowest BCUT2D eigenvalue weighted by molar-refractivity contribution is 0.0456. The molecule has 4 N–H and O–H groups in total. The molecule has 1 aliphatic rings. The largest absolute Gasteiger partial charge is 0.507 e. The fraction of sp³-hybridized carbons (Fsp3) is 0.321. The molecular weight excluding hydrogens is 512 g/mol. The number of phenolic OH excluding ortho intramolecular Hbond substituents is 1. The number of hydrogen-bond donors (Lipinski definition) is 4. The molecule has 4 rings (SSSR count). The van der Waals surface area contributed by atoms with Crippen LogP contribution in [0.25, 0.3) is 0 Å². The van der Waals surface area contributed by atoms with Gasteiger partial charge in [-0.15, -0.1) is 0 Å². The van der Waals surface area contributed by atoms with E-state index in [-0.39, 0.29) is 38.0 Å². The van der Waals surface area contributed by atoms with Gasteiger partial charge in [0.2, 0.25) is 0 Å². The molecule has 9 heteroatoms. The average Bonchev–Trinajstić information content (AvgIpc) is 3.04. The summed E-state index contributed by atoms with van der Waals surface area (Å²) < 4.78 is 30.2. The van der Waals surface area contributed by atoms with Crippen LogP contribution in [0.1, 0.15) is 74.2 Å². The third-order valence-electron chi connectivity index (χ3n) is 6.46. The Balaban J connectivity index is 1.88. The first kappa shape index (κ1) is 27.0. The number of aromatic hydroxyl groups is 1. The summed E-state index contributed by atoms with van der Waals surface area (Å²) in [6.07, 6.45) is 0. The van der Waals surface area contributed by atoms with Crippen LogP contribution in [-0.2, 0) is 26.6 Å². The Labute approximate surface area is 222 Å². The van der Waals surface area contributed by atoms with E-state index < -0.39 is 32.5 Å². The van der Waals surface area contributed by atoms with E-state index in [4.69, 9.17) is 11.6 Å². The van der Waals surface area contributed by atoms with Crippen molar-refractivity contribution < 1.29 is 23.4 Å². The van der Waals surface area contributed by atoms with Gasteiger partial charge in [0.15, 0.2) is 5.72 Å². The lowest BCUT2D eigenvalue weighted by Gasteiger charge is -2.29. The second-order valence-electron chi connectivity index (χ2n) is 11.4. The second kappa shape index (κ2) is 8.75. The lowest BCUT2D eigenvalue weighted by Crippen LogP contribution is -2.41. The number of nitrogens with one attached hydrogen (secondary N) is 2. The van der Waals surface area contributed by atoms with Crippen LogP contribution in [0.3, 0.4) is 0 Å². The van der Waals surface area contributed by atoms with Gasteiger partial charge in [0.05, 0.1) is 4.90 Å². The van der Waals surface area contributed by atoms with Crippen LogP contribution in [0.4, 0.5) is 5.69 Å². The Kier molecular flexibility index (Phi) is 6.38. The van der Waals surface area contributed by atoms with Crippen molar-refractivity contribution in [2.24, 2.45) is 0 Å². The molecule has 0 bridgehead atoms. The minimum atomic E-state index is -4.33. The van der Waals surface area contributed by atoms with Crippen molar-refractivity contribution in [3.63, 3.8) is 0 Å². The number of carbonyl (C=O) groups is 1. The van der Waals surface area contributed by atoms with Crippen LogP contribution in [0.2, 0.25) is 5.02 Å². The summed E-state index contributed by atoms with van der Waals surface area (Å²) in [5, 5.41) is 25.3. The smallest absolute Gasteiger partial charge is 0.262 e. The van der Waals surface area contributed by atoms with E-state index in [1.165, 1.54) is 18.2 Å². The van der Waals surface area contributed by atoms with Crippen LogP contribution >= 0.6 is 11.6 Å². The molecule has 1 unspecified atom stereocenters. The third-order valence-corrected chi connectivity index (χ3v) is 8.11. The molecule has 7 nitrogen and oxygen atoms in total. The topological polar surface area (TPSA) is 116 Å². The van der Waals surface area contributed by atoms with Gasteiger partial charge >= 0.3 is 0 Å². The Morgan fingerprint density at radius 2 is 1.46 bits per heavy atom. The number of rotatable bonds is 4. The highest BCUT2D eigenvalue weighted by atomic mass is 35.5. The molecule has 37 heavy (non-hydrogen) atoms. The number of fused-ring (bicyclic) bond motifs is 1. The number of halogens is 1. The van der Waals surface area contributed by atoms with Crippen molar-refractivity contribution in [3.8, 4) is 5.75 Å². The van der Waals surface area contributed by atoms with Crippen molar-refractivity contribution in [1.82, 2.24) is 5.32 Å². The SMILES string of the molecule is CC(C)(C)c1cc(NS(=O)(=O)c2cc(Cl)ccc2C2(O)NC(=O)c3ccccc32)cc(C(C)(C)C)c1O. The minimum absolute atomic E-state index is 0.0476. The molecule has 0 aromatic heterocycles. The molecule has 1 atom stereocenters. The molecule has 1 heterocycles. The van der Waals surface area contributed by atoms with Gasteiger partial charge in [-0.3, -0.25) is 9.52 Å². The zero-order valence-corrected chi connectivity index (χ0v) is 23.2. The highest BCUT2D eigenvalue weighted by Gasteiger charge is 2.45. The normalized spacial score (nSPS) is 17.9. The number of carbonyl (C=O) groups excluding carboxylic acids is 1. The predicted octanol–water partition coefficient (Wildman–Crippen LogP) is 5.38. The number of phenols is 1. The van der Waals surface area contributed by atoms with Crippen molar-refractivity contribution >= 4 is 33.2 Å². The van der Waals surface area contributed by atoms with Crippen molar-refractivity contribution in [2.45, 2.75) is 63.0 Å². The summed E-state index contributed by atoms with van der Waals surface area (Å²) in [6.45, 7) is 11.6. The van der Waals surface area contributed by atoms with Crippen molar-refractivity contribution in [1.29, 1.82) is 0 Å². The summed E-state index contributed by atoms with van der Waals surface area (Å²) in [5.41, 5.74) is -1.16. The van der Waals surface area contributed by atoms with Gasteiger partial charge in [-0.05, 0) is 41.2 Å². The molecule has 3 aromatic carbocycles. The van der Waals surface area contributed by atoms with Crippen LogP contribution in [-0.4, -0.2) is 24.5 Å². The maximum atomic E-state index is 13.8. The van der Waals surface area contributed by atoms with E-state index in [9.17, 15) is 23.4 Å². The zero-order valence-electron chi connectivity index (χ0n) is 21.6. The number of amides is 1. The number of benzene rings is 3. The fourth-order valence-corrected chi connectivity index (χ4v) is 6.13. The first-order chi connectivity index (χ1) is 16.9. The van der Waals surface area contributed by atoms with Gasteiger partial charge in [0.1, 0.15) is 5.75 Å². The van der Waals surface area contributed by atoms with Gasteiger partial charge in [0, 0.05) is 38.5 Å². The quantitative estimate of drug-likeness (QED) is 0.330. The highest BCUT2D eigenvalue weighted by Crippen LogP contribution is 2.43. The standard InChI is InChI=1S/C28H31ClN2O5S/c1-26(2,3)21-14-17(15-22(24(21)32)27(4,5)6)31-37(35,36)23-13-16(29)11-12-20(23)28(34)19-10-8-7-9-18(19)25(33)30-28/h7-15,31-32,34H,1-6H3,(H,30,33). The maximum absolute atomic E-state index is 13.8. The number of aliphatic hydroxyl groups is 1. The third kappa shape index (κ3) is 4.81. The Hall–Kier alpha value is -3.07. The Morgan fingerprint density at radius 1 is 0.892 bits per heavy atom.